The molecular weight excluding hydrogens is 258 g/mol. The Labute approximate surface area is 126 Å². The molecule has 0 aromatic heterocycles. The highest BCUT2D eigenvalue weighted by molar-refractivity contribution is 5.89. The molecule has 0 saturated heterocycles. The number of benzene rings is 2. The quantitative estimate of drug-likeness (QED) is 0.767. The zero-order chi connectivity index (χ0) is 14.8. The molecule has 2 nitrogen and oxygen atoms in total. The van der Waals surface area contributed by atoms with Gasteiger partial charge in [0.25, 0.3) is 0 Å². The smallest absolute Gasteiger partial charge is 0.147 e. The van der Waals surface area contributed by atoms with E-state index in [1.54, 1.807) is 0 Å². The highest BCUT2D eigenvalue weighted by Gasteiger charge is 2.29. The van der Waals surface area contributed by atoms with Crippen LogP contribution in [0, 0.1) is 6.92 Å². The van der Waals surface area contributed by atoms with E-state index in [9.17, 15) is 4.79 Å². The number of anilines is 1. The summed E-state index contributed by atoms with van der Waals surface area (Å²) in [5.41, 5.74) is 6.01. The van der Waals surface area contributed by atoms with Crippen LogP contribution in [0.15, 0.2) is 42.5 Å². The zero-order valence-corrected chi connectivity index (χ0v) is 12.7. The Bertz CT molecular complexity index is 662. The maximum atomic E-state index is 11.7. The molecule has 0 amide bonds. The third kappa shape index (κ3) is 2.35. The van der Waals surface area contributed by atoms with Gasteiger partial charge < -0.3 is 9.69 Å². The van der Waals surface area contributed by atoms with Crippen LogP contribution >= 0.6 is 0 Å². The average molecular weight is 279 g/mol. The predicted octanol–water partition coefficient (Wildman–Crippen LogP) is 4.52. The molecule has 3 rings (SSSR count). The van der Waals surface area contributed by atoms with Crippen LogP contribution in [-0.2, 0) is 4.79 Å². The molecule has 1 aliphatic rings. The molecule has 0 radical (unpaired) electrons. The number of carbonyl (C=O) groups is 1. The van der Waals surface area contributed by atoms with Crippen LogP contribution in [-0.4, -0.2) is 12.8 Å². The first-order valence-corrected chi connectivity index (χ1v) is 7.68. The molecule has 0 fully saturated rings. The molecule has 2 heteroatoms. The summed E-state index contributed by atoms with van der Waals surface area (Å²) >= 11 is 0. The van der Waals surface area contributed by atoms with Crippen molar-refractivity contribution in [3.05, 3.63) is 53.6 Å². The maximum Gasteiger partial charge on any atom is 0.147 e. The largest absolute Gasteiger partial charge is 0.357 e. The van der Waals surface area contributed by atoms with E-state index in [2.05, 4.69) is 55.1 Å². The van der Waals surface area contributed by atoms with Crippen molar-refractivity contribution in [1.29, 1.82) is 0 Å². The van der Waals surface area contributed by atoms with Crippen LogP contribution in [0.3, 0.4) is 0 Å². The number of fused-ring (bicyclic) bond motifs is 3. The van der Waals surface area contributed by atoms with E-state index in [4.69, 9.17) is 0 Å². The van der Waals surface area contributed by atoms with Crippen LogP contribution in [0.2, 0.25) is 0 Å². The minimum atomic E-state index is -0.164. The second kappa shape index (κ2) is 5.72. The average Bonchev–Trinajstić information content (AvgIpc) is 2.52. The van der Waals surface area contributed by atoms with Crippen LogP contribution in [0.5, 0.6) is 0 Å². The van der Waals surface area contributed by atoms with Gasteiger partial charge in [-0.3, -0.25) is 0 Å². The molecule has 0 spiro atoms. The number of nitrogens with zero attached hydrogens (tertiary/aromatic N) is 1. The molecule has 1 unspecified atom stereocenters. The molecular formula is C19H21NO. The summed E-state index contributed by atoms with van der Waals surface area (Å²) < 4.78 is 0. The highest BCUT2D eigenvalue weighted by atomic mass is 16.1. The van der Waals surface area contributed by atoms with Crippen molar-refractivity contribution in [2.45, 2.75) is 32.7 Å². The van der Waals surface area contributed by atoms with E-state index in [-0.39, 0.29) is 6.04 Å². The second-order valence-corrected chi connectivity index (χ2v) is 5.74. The van der Waals surface area contributed by atoms with Crippen molar-refractivity contribution in [2.24, 2.45) is 0 Å². The summed E-state index contributed by atoms with van der Waals surface area (Å²) in [6.07, 6.45) is 3.31. The molecule has 1 atom stereocenters. The van der Waals surface area contributed by atoms with Crippen LogP contribution in [0.25, 0.3) is 11.1 Å². The van der Waals surface area contributed by atoms with Crippen LogP contribution < -0.4 is 4.90 Å². The first-order valence-electron chi connectivity index (χ1n) is 7.68. The van der Waals surface area contributed by atoms with Gasteiger partial charge in [0, 0.05) is 17.8 Å². The number of carbonyl (C=O) groups excluding carboxylic acids is 1. The normalized spacial score (nSPS) is 16.3. The van der Waals surface area contributed by atoms with Gasteiger partial charge in [0.15, 0.2) is 0 Å². The lowest BCUT2D eigenvalue weighted by Gasteiger charge is -2.37. The van der Waals surface area contributed by atoms with E-state index in [1.807, 2.05) is 6.07 Å². The molecule has 21 heavy (non-hydrogen) atoms. The lowest BCUT2D eigenvalue weighted by Crippen LogP contribution is -2.34. The molecule has 1 heterocycles. The third-order valence-corrected chi connectivity index (χ3v) is 4.25. The van der Waals surface area contributed by atoms with Crippen molar-refractivity contribution < 1.29 is 4.79 Å². The van der Waals surface area contributed by atoms with E-state index in [1.165, 1.54) is 22.4 Å². The van der Waals surface area contributed by atoms with Crippen molar-refractivity contribution in [3.63, 3.8) is 0 Å². The number of aldehydes is 1. The van der Waals surface area contributed by atoms with E-state index >= 15 is 0 Å². The van der Waals surface area contributed by atoms with Gasteiger partial charge in [-0.2, -0.15) is 0 Å². The Morgan fingerprint density at radius 2 is 1.95 bits per heavy atom. The van der Waals surface area contributed by atoms with Gasteiger partial charge in [-0.25, -0.2) is 0 Å². The van der Waals surface area contributed by atoms with Crippen molar-refractivity contribution in [2.75, 3.05) is 11.4 Å². The second-order valence-electron chi connectivity index (χ2n) is 5.74. The fourth-order valence-electron chi connectivity index (χ4n) is 3.17. The van der Waals surface area contributed by atoms with Crippen LogP contribution in [0.1, 0.15) is 36.9 Å². The molecule has 2 aromatic carbocycles. The number of hydrogen-bond acceptors (Lipinski definition) is 2. The molecule has 108 valence electrons. The van der Waals surface area contributed by atoms with E-state index in [0.29, 0.717) is 0 Å². The summed E-state index contributed by atoms with van der Waals surface area (Å²) in [5.74, 6) is 0. The Kier molecular flexibility index (Phi) is 3.78. The molecule has 0 saturated carbocycles. The van der Waals surface area contributed by atoms with Crippen LogP contribution in [0.4, 0.5) is 5.69 Å². The standard InChI is InChI=1S/C19H21NO/c1-3-4-11-20-18-10-9-14(2)12-17(18)15-7-5-6-8-16(15)19(20)13-21/h5-10,12-13,19H,3-4,11H2,1-2H3. The van der Waals surface area contributed by atoms with Gasteiger partial charge in [-0.1, -0.05) is 49.2 Å². The third-order valence-electron chi connectivity index (χ3n) is 4.25. The Hall–Kier alpha value is -2.09. The minimum absolute atomic E-state index is 0.164. The van der Waals surface area contributed by atoms with Gasteiger partial charge in [-0.05, 0) is 36.6 Å². The van der Waals surface area contributed by atoms with Gasteiger partial charge in [0.05, 0.1) is 0 Å². The van der Waals surface area contributed by atoms with Crippen molar-refractivity contribution in [3.8, 4) is 11.1 Å². The first kappa shape index (κ1) is 13.9. The molecule has 0 aliphatic carbocycles. The van der Waals surface area contributed by atoms with E-state index < -0.39 is 0 Å². The first-order chi connectivity index (χ1) is 10.3. The maximum absolute atomic E-state index is 11.7. The SMILES string of the molecule is CCCCN1c2ccc(C)cc2-c2ccccc2C1C=O. The molecule has 0 N–H and O–H groups in total. The van der Waals surface area contributed by atoms with Gasteiger partial charge in [0.1, 0.15) is 12.3 Å². The zero-order valence-electron chi connectivity index (χ0n) is 12.7. The summed E-state index contributed by atoms with van der Waals surface area (Å²) in [6, 6.07) is 14.6. The lowest BCUT2D eigenvalue weighted by molar-refractivity contribution is -0.109. The highest BCUT2D eigenvalue weighted by Crippen LogP contribution is 2.44. The Morgan fingerprint density at radius 1 is 1.14 bits per heavy atom. The molecule has 2 aromatic rings. The van der Waals surface area contributed by atoms with Gasteiger partial charge in [0.2, 0.25) is 0 Å². The van der Waals surface area contributed by atoms with Gasteiger partial charge >= 0.3 is 0 Å². The Morgan fingerprint density at radius 3 is 2.71 bits per heavy atom. The summed E-state index contributed by atoms with van der Waals surface area (Å²) in [4.78, 5) is 14.0. The number of aryl methyl sites for hydroxylation is 1. The monoisotopic (exact) mass is 279 g/mol. The fourth-order valence-corrected chi connectivity index (χ4v) is 3.17. The van der Waals surface area contributed by atoms with E-state index in [0.717, 1.165) is 31.2 Å². The lowest BCUT2D eigenvalue weighted by atomic mass is 9.87. The molecule has 0 bridgehead atoms. The minimum Gasteiger partial charge on any atom is -0.357 e. The summed E-state index contributed by atoms with van der Waals surface area (Å²) in [6.45, 7) is 5.22. The Balaban J connectivity index is 2.19. The number of hydrogen-bond donors (Lipinski definition) is 0. The fraction of sp³-hybridized carbons (Fsp3) is 0.316. The summed E-state index contributed by atoms with van der Waals surface area (Å²) in [5, 5.41) is 0. The summed E-state index contributed by atoms with van der Waals surface area (Å²) in [7, 11) is 0. The van der Waals surface area contributed by atoms with Gasteiger partial charge in [-0.15, -0.1) is 0 Å². The van der Waals surface area contributed by atoms with Crippen molar-refractivity contribution >= 4 is 12.0 Å². The van der Waals surface area contributed by atoms with Crippen molar-refractivity contribution in [1.82, 2.24) is 0 Å². The number of rotatable bonds is 4. The predicted molar refractivity (Wildman–Crippen MR) is 87.7 cm³/mol. The molecule has 1 aliphatic heterocycles. The topological polar surface area (TPSA) is 20.3 Å². The number of unbranched alkanes of at least 4 members (excludes halogenated alkanes) is 1.